The minimum absolute atomic E-state index is 0.0492. The quantitative estimate of drug-likeness (QED) is 0.906. The zero-order valence-corrected chi connectivity index (χ0v) is 13.2. The van der Waals surface area contributed by atoms with Gasteiger partial charge in [0.05, 0.1) is 0 Å². The molecule has 1 N–H and O–H groups in total. The van der Waals surface area contributed by atoms with Crippen LogP contribution in [0.2, 0.25) is 10.0 Å². The van der Waals surface area contributed by atoms with Crippen molar-refractivity contribution >= 4 is 29.1 Å². The highest BCUT2D eigenvalue weighted by atomic mass is 35.5. The van der Waals surface area contributed by atoms with Crippen LogP contribution in [0.5, 0.6) is 0 Å². The third-order valence-corrected chi connectivity index (χ3v) is 5.65. The Morgan fingerprint density at radius 3 is 2.24 bits per heavy atom. The van der Waals surface area contributed by atoms with Crippen molar-refractivity contribution in [1.29, 1.82) is 0 Å². The molecule has 1 saturated carbocycles. The van der Waals surface area contributed by atoms with Gasteiger partial charge in [-0.05, 0) is 48.8 Å². The van der Waals surface area contributed by atoms with Crippen LogP contribution in [0.25, 0.3) is 0 Å². The first-order valence-corrected chi connectivity index (χ1v) is 8.33. The van der Waals surface area contributed by atoms with Crippen LogP contribution < -0.4 is 5.32 Å². The lowest BCUT2D eigenvalue weighted by Crippen LogP contribution is -2.64. The van der Waals surface area contributed by atoms with Gasteiger partial charge >= 0.3 is 0 Å². The number of amides is 1. The first kappa shape index (κ1) is 13.9. The predicted octanol–water partition coefficient (Wildman–Crippen LogP) is 3.06. The van der Waals surface area contributed by atoms with Crippen LogP contribution in [0, 0.1) is 17.8 Å². The third kappa shape index (κ3) is 2.56. The van der Waals surface area contributed by atoms with E-state index in [9.17, 15) is 4.79 Å². The van der Waals surface area contributed by atoms with Crippen LogP contribution in [-0.2, 0) is 0 Å². The van der Waals surface area contributed by atoms with Crippen molar-refractivity contribution < 1.29 is 4.79 Å². The first-order chi connectivity index (χ1) is 10.1. The molecule has 1 aromatic rings. The predicted molar refractivity (Wildman–Crippen MR) is 83.9 cm³/mol. The molecule has 5 rings (SSSR count). The van der Waals surface area contributed by atoms with Crippen molar-refractivity contribution in [3.8, 4) is 0 Å². The molecule has 4 aliphatic rings. The summed E-state index contributed by atoms with van der Waals surface area (Å²) < 4.78 is 0. The third-order valence-electron chi connectivity index (χ3n) is 5.21. The van der Waals surface area contributed by atoms with Gasteiger partial charge in [-0.15, -0.1) is 0 Å². The van der Waals surface area contributed by atoms with Crippen molar-refractivity contribution in [3.05, 3.63) is 33.8 Å². The Kier molecular flexibility index (Phi) is 3.40. The minimum atomic E-state index is -0.0492. The molecule has 3 heterocycles. The van der Waals surface area contributed by atoms with Gasteiger partial charge in [-0.1, -0.05) is 23.2 Å². The van der Waals surface area contributed by atoms with Crippen LogP contribution >= 0.6 is 23.2 Å². The molecule has 3 saturated heterocycles. The molecule has 4 fully saturated rings. The molecule has 5 atom stereocenters. The van der Waals surface area contributed by atoms with Gasteiger partial charge in [-0.25, -0.2) is 0 Å². The Morgan fingerprint density at radius 2 is 1.67 bits per heavy atom. The molecule has 3 nitrogen and oxygen atoms in total. The van der Waals surface area contributed by atoms with E-state index >= 15 is 0 Å². The number of piperidine rings is 3. The molecule has 3 unspecified atom stereocenters. The van der Waals surface area contributed by atoms with Gasteiger partial charge in [0.25, 0.3) is 5.91 Å². The average molecular weight is 325 g/mol. The number of rotatable bonds is 2. The van der Waals surface area contributed by atoms with E-state index < -0.39 is 0 Å². The topological polar surface area (TPSA) is 32.3 Å². The number of hydrogen-bond acceptors (Lipinski definition) is 2. The molecule has 0 aromatic heterocycles. The van der Waals surface area contributed by atoms with Gasteiger partial charge in [-0.3, -0.25) is 4.79 Å². The average Bonchev–Trinajstić information content (AvgIpc) is 2.40. The molecule has 4 bridgehead atoms. The summed E-state index contributed by atoms with van der Waals surface area (Å²) in [5, 5.41) is 4.26. The fourth-order valence-corrected chi connectivity index (χ4v) is 5.09. The molecule has 5 heteroatoms. The summed E-state index contributed by atoms with van der Waals surface area (Å²) >= 11 is 12.0. The van der Waals surface area contributed by atoms with Crippen molar-refractivity contribution in [2.45, 2.75) is 18.9 Å². The van der Waals surface area contributed by atoms with Crippen LogP contribution in [0.4, 0.5) is 0 Å². The van der Waals surface area contributed by atoms with Gasteiger partial charge in [0, 0.05) is 41.3 Å². The molecule has 3 aliphatic heterocycles. The molecule has 1 aromatic carbocycles. The number of hydrogen-bond donors (Lipinski definition) is 1. The van der Waals surface area contributed by atoms with E-state index in [2.05, 4.69) is 10.2 Å². The lowest BCUT2D eigenvalue weighted by atomic mass is 9.65. The maximum Gasteiger partial charge on any atom is 0.251 e. The zero-order chi connectivity index (χ0) is 14.6. The lowest BCUT2D eigenvalue weighted by molar-refractivity contribution is -0.0418. The van der Waals surface area contributed by atoms with Gasteiger partial charge in [0.1, 0.15) is 0 Å². The maximum atomic E-state index is 12.5. The first-order valence-electron chi connectivity index (χ1n) is 7.58. The second kappa shape index (κ2) is 5.15. The van der Waals surface area contributed by atoms with E-state index in [4.69, 9.17) is 23.2 Å². The van der Waals surface area contributed by atoms with E-state index in [1.807, 2.05) is 0 Å². The number of nitrogens with one attached hydrogen (secondary N) is 1. The smallest absolute Gasteiger partial charge is 0.251 e. The fourth-order valence-electron chi connectivity index (χ4n) is 4.56. The van der Waals surface area contributed by atoms with E-state index in [0.717, 1.165) is 19.0 Å². The highest BCUT2D eigenvalue weighted by molar-refractivity contribution is 6.35. The van der Waals surface area contributed by atoms with Crippen LogP contribution in [0.15, 0.2) is 18.2 Å². The van der Waals surface area contributed by atoms with E-state index in [1.54, 1.807) is 18.2 Å². The van der Waals surface area contributed by atoms with Crippen LogP contribution in [0.1, 0.15) is 23.2 Å². The maximum absolute atomic E-state index is 12.5. The van der Waals surface area contributed by atoms with Crippen molar-refractivity contribution in [3.63, 3.8) is 0 Å². The Hall–Kier alpha value is -0.770. The second-order valence-electron chi connectivity index (χ2n) is 6.73. The summed E-state index contributed by atoms with van der Waals surface area (Å²) in [7, 11) is 0. The van der Waals surface area contributed by atoms with Gasteiger partial charge in [-0.2, -0.15) is 0 Å². The molecule has 21 heavy (non-hydrogen) atoms. The van der Waals surface area contributed by atoms with Gasteiger partial charge < -0.3 is 10.2 Å². The Bertz CT molecular complexity index is 541. The normalized spacial score (nSPS) is 36.8. The van der Waals surface area contributed by atoms with Gasteiger partial charge in [0.15, 0.2) is 0 Å². The van der Waals surface area contributed by atoms with Crippen molar-refractivity contribution in [2.24, 2.45) is 17.8 Å². The zero-order valence-electron chi connectivity index (χ0n) is 11.7. The number of benzene rings is 1. The van der Waals surface area contributed by atoms with Crippen LogP contribution in [0.3, 0.4) is 0 Å². The molecule has 0 spiro atoms. The number of nitrogens with zero attached hydrogens (tertiary/aromatic N) is 1. The van der Waals surface area contributed by atoms with E-state index in [0.29, 0.717) is 33.5 Å². The number of carbonyl (C=O) groups is 1. The minimum Gasteiger partial charge on any atom is -0.349 e. The van der Waals surface area contributed by atoms with Gasteiger partial charge in [0.2, 0.25) is 0 Å². The second-order valence-corrected chi connectivity index (χ2v) is 7.61. The van der Waals surface area contributed by atoms with Crippen LogP contribution in [-0.4, -0.2) is 36.5 Å². The summed E-state index contributed by atoms with van der Waals surface area (Å²) in [6, 6.07) is 5.32. The highest BCUT2D eigenvalue weighted by Crippen LogP contribution is 2.43. The standard InChI is InChI=1S/C16H18Cl2N2O/c17-13-3-10(4-14(18)5-13)16(21)19-15-11-1-9-2-12(15)8-20(6-9)7-11/h3-5,9,11-12,15H,1-2,6-8H2,(H,19,21)/t9?,11-,12+,15?. The summed E-state index contributed by atoms with van der Waals surface area (Å²) in [6.45, 7) is 3.53. The van der Waals surface area contributed by atoms with E-state index in [1.165, 1.54) is 19.4 Å². The summed E-state index contributed by atoms with van der Waals surface area (Å²) in [4.78, 5) is 15.1. The summed E-state index contributed by atoms with van der Waals surface area (Å²) in [6.07, 6.45) is 2.52. The van der Waals surface area contributed by atoms with Crippen molar-refractivity contribution in [2.75, 3.05) is 19.6 Å². The molecular formula is C16H18Cl2N2O. The SMILES string of the molecule is O=C(NC1[C@@H]2CC3C[C@H]1CN(C3)C2)c1cc(Cl)cc(Cl)c1. The fraction of sp³-hybridized carbons (Fsp3) is 0.562. The number of carbonyl (C=O) groups excluding carboxylic acids is 1. The summed E-state index contributed by atoms with van der Waals surface area (Å²) in [5.41, 5.74) is 0.557. The molecular weight excluding hydrogens is 307 g/mol. The summed E-state index contributed by atoms with van der Waals surface area (Å²) in [5.74, 6) is 2.01. The molecule has 0 radical (unpaired) electrons. The number of halogens is 2. The molecule has 112 valence electrons. The lowest BCUT2D eigenvalue weighted by Gasteiger charge is -2.55. The highest BCUT2D eigenvalue weighted by Gasteiger charge is 2.47. The Morgan fingerprint density at radius 1 is 1.05 bits per heavy atom. The Labute approximate surface area is 134 Å². The molecule has 1 amide bonds. The van der Waals surface area contributed by atoms with Crippen molar-refractivity contribution in [1.82, 2.24) is 10.2 Å². The Balaban J connectivity index is 1.52. The van der Waals surface area contributed by atoms with E-state index in [-0.39, 0.29) is 5.91 Å². The molecule has 1 aliphatic carbocycles. The monoisotopic (exact) mass is 324 g/mol. The largest absolute Gasteiger partial charge is 0.349 e.